The van der Waals surface area contributed by atoms with E-state index >= 15 is 0 Å². The highest BCUT2D eigenvalue weighted by Gasteiger charge is 2.36. The monoisotopic (exact) mass is 628 g/mol. The first-order chi connectivity index (χ1) is 18.8. The van der Waals surface area contributed by atoms with E-state index in [9.17, 15) is 14.4 Å². The summed E-state index contributed by atoms with van der Waals surface area (Å²) >= 11 is 10.3. The van der Waals surface area contributed by atoms with E-state index < -0.39 is 17.1 Å². The molecule has 0 aromatic heterocycles. The molecule has 0 spiro atoms. The molecule has 0 unspecified atom stereocenters. The van der Waals surface area contributed by atoms with E-state index in [0.29, 0.717) is 45.5 Å². The van der Waals surface area contributed by atoms with Crippen molar-refractivity contribution in [3.63, 3.8) is 0 Å². The number of amides is 3. The Morgan fingerprint density at radius 1 is 1.03 bits per heavy atom. The van der Waals surface area contributed by atoms with Gasteiger partial charge in [-0.05, 0) is 100 Å². The maximum atomic E-state index is 13.0. The number of aryl methyl sites for hydroxylation is 1. The summed E-state index contributed by atoms with van der Waals surface area (Å²) in [6.45, 7) is 4.24. The van der Waals surface area contributed by atoms with Gasteiger partial charge in [-0.1, -0.05) is 42.8 Å². The molecule has 39 heavy (non-hydrogen) atoms. The van der Waals surface area contributed by atoms with Crippen molar-refractivity contribution in [1.82, 2.24) is 4.90 Å². The predicted molar refractivity (Wildman–Crippen MR) is 158 cm³/mol. The van der Waals surface area contributed by atoms with Crippen LogP contribution in [0.2, 0.25) is 5.02 Å². The molecule has 3 aromatic carbocycles. The first kappa shape index (κ1) is 28.7. The van der Waals surface area contributed by atoms with Crippen LogP contribution in [0.5, 0.6) is 11.5 Å². The second-order valence-electron chi connectivity index (χ2n) is 8.54. The number of halogens is 2. The van der Waals surface area contributed by atoms with Crippen molar-refractivity contribution in [1.29, 1.82) is 0 Å². The first-order valence-electron chi connectivity index (χ1n) is 12.2. The van der Waals surface area contributed by atoms with Crippen molar-refractivity contribution in [2.45, 2.75) is 26.9 Å². The van der Waals surface area contributed by atoms with Crippen molar-refractivity contribution >= 4 is 68.1 Å². The number of thioether (sulfide) groups is 1. The standard InChI is InChI=1S/C29H26BrClN2O5S/c1-3-18-7-11-22(12-8-18)32-26(34)16-33-28(35)25(39-29(33)36)15-20-13-23(30)27(24(14-20)37-4-2)38-17-19-5-9-21(31)10-6-19/h5-15H,3-4,16-17H2,1-2H3,(H,32,34)/b25-15+. The lowest BCUT2D eigenvalue weighted by Gasteiger charge is -2.15. The third-order valence-electron chi connectivity index (χ3n) is 5.75. The zero-order valence-electron chi connectivity index (χ0n) is 21.3. The highest BCUT2D eigenvalue weighted by Crippen LogP contribution is 2.39. The third kappa shape index (κ3) is 7.44. The Balaban J connectivity index is 1.46. The lowest BCUT2D eigenvalue weighted by molar-refractivity contribution is -0.127. The second kappa shape index (κ2) is 13.2. The number of nitrogens with zero attached hydrogens (tertiary/aromatic N) is 1. The van der Waals surface area contributed by atoms with Gasteiger partial charge >= 0.3 is 0 Å². The van der Waals surface area contributed by atoms with Crippen molar-refractivity contribution < 1.29 is 23.9 Å². The summed E-state index contributed by atoms with van der Waals surface area (Å²) in [4.78, 5) is 39.3. The van der Waals surface area contributed by atoms with Gasteiger partial charge in [0.1, 0.15) is 13.2 Å². The molecule has 1 heterocycles. The van der Waals surface area contributed by atoms with Gasteiger partial charge in [-0.3, -0.25) is 19.3 Å². The molecule has 0 radical (unpaired) electrons. The smallest absolute Gasteiger partial charge is 0.294 e. The van der Waals surface area contributed by atoms with Gasteiger partial charge in [-0.25, -0.2) is 0 Å². The van der Waals surface area contributed by atoms with E-state index in [-0.39, 0.29) is 11.4 Å². The van der Waals surface area contributed by atoms with Crippen LogP contribution in [0.15, 0.2) is 70.0 Å². The molecular formula is C29H26BrClN2O5S. The molecule has 3 amide bonds. The number of nitrogens with one attached hydrogen (secondary N) is 1. The van der Waals surface area contributed by atoms with Crippen molar-refractivity contribution in [3.05, 3.63) is 91.8 Å². The Hall–Kier alpha value is -3.27. The van der Waals surface area contributed by atoms with Crippen LogP contribution >= 0.6 is 39.3 Å². The molecule has 1 aliphatic rings. The van der Waals surface area contributed by atoms with Gasteiger partial charge in [-0.15, -0.1) is 0 Å². The molecule has 1 saturated heterocycles. The highest BCUT2D eigenvalue weighted by atomic mass is 79.9. The average molecular weight is 630 g/mol. The summed E-state index contributed by atoms with van der Waals surface area (Å²) in [5.74, 6) is 0.0190. The molecule has 7 nitrogen and oxygen atoms in total. The lowest BCUT2D eigenvalue weighted by Crippen LogP contribution is -2.36. The molecule has 10 heteroatoms. The zero-order chi connectivity index (χ0) is 27.9. The molecular weight excluding hydrogens is 604 g/mol. The topological polar surface area (TPSA) is 84.9 Å². The summed E-state index contributed by atoms with van der Waals surface area (Å²) in [7, 11) is 0. The summed E-state index contributed by atoms with van der Waals surface area (Å²) < 4.78 is 12.4. The maximum Gasteiger partial charge on any atom is 0.294 e. The Bertz CT molecular complexity index is 1410. The van der Waals surface area contributed by atoms with Crippen LogP contribution in [0.25, 0.3) is 6.08 Å². The van der Waals surface area contributed by atoms with Gasteiger partial charge in [0.25, 0.3) is 11.1 Å². The molecule has 0 aliphatic carbocycles. The molecule has 3 aromatic rings. The van der Waals surface area contributed by atoms with Crippen LogP contribution < -0.4 is 14.8 Å². The van der Waals surface area contributed by atoms with Crippen molar-refractivity contribution in [2.24, 2.45) is 0 Å². The Morgan fingerprint density at radius 2 is 1.72 bits per heavy atom. The van der Waals surface area contributed by atoms with Gasteiger partial charge in [0.05, 0.1) is 16.0 Å². The Labute approximate surface area is 244 Å². The number of hydrogen-bond acceptors (Lipinski definition) is 6. The van der Waals surface area contributed by atoms with Crippen LogP contribution in [0, 0.1) is 0 Å². The van der Waals surface area contributed by atoms with Crippen LogP contribution in [-0.4, -0.2) is 35.1 Å². The van der Waals surface area contributed by atoms with E-state index in [2.05, 4.69) is 21.2 Å². The van der Waals surface area contributed by atoms with E-state index in [1.165, 1.54) is 0 Å². The van der Waals surface area contributed by atoms with Crippen LogP contribution in [-0.2, 0) is 22.6 Å². The molecule has 0 bridgehead atoms. The number of carbonyl (C=O) groups excluding carboxylic acids is 3. The fraction of sp³-hybridized carbons (Fsp3) is 0.207. The third-order valence-corrected chi connectivity index (χ3v) is 7.50. The fourth-order valence-electron chi connectivity index (χ4n) is 3.77. The van der Waals surface area contributed by atoms with Gasteiger partial charge in [0.15, 0.2) is 11.5 Å². The van der Waals surface area contributed by atoms with E-state index in [1.807, 2.05) is 38.1 Å². The average Bonchev–Trinajstić information content (AvgIpc) is 3.17. The molecule has 1 aliphatic heterocycles. The molecule has 0 saturated carbocycles. The first-order valence-corrected chi connectivity index (χ1v) is 14.2. The van der Waals surface area contributed by atoms with E-state index in [1.54, 1.807) is 42.5 Å². The second-order valence-corrected chi connectivity index (χ2v) is 10.8. The van der Waals surface area contributed by atoms with E-state index in [0.717, 1.165) is 34.2 Å². The number of rotatable bonds is 10. The molecule has 202 valence electrons. The molecule has 0 atom stereocenters. The number of anilines is 1. The number of imide groups is 1. The van der Waals surface area contributed by atoms with Crippen molar-refractivity contribution in [3.8, 4) is 11.5 Å². The number of carbonyl (C=O) groups is 3. The van der Waals surface area contributed by atoms with Crippen LogP contribution in [0.4, 0.5) is 10.5 Å². The van der Waals surface area contributed by atoms with Gasteiger partial charge in [0.2, 0.25) is 5.91 Å². The zero-order valence-corrected chi connectivity index (χ0v) is 24.5. The SMILES string of the molecule is CCOc1cc(/C=C2/SC(=O)N(CC(=O)Nc3ccc(CC)cc3)C2=O)cc(Br)c1OCc1ccc(Cl)cc1. The van der Waals surface area contributed by atoms with E-state index in [4.69, 9.17) is 21.1 Å². The summed E-state index contributed by atoms with van der Waals surface area (Å²) in [6, 6.07) is 18.3. The minimum absolute atomic E-state index is 0.212. The predicted octanol–water partition coefficient (Wildman–Crippen LogP) is 7.32. The minimum Gasteiger partial charge on any atom is -0.490 e. The Morgan fingerprint density at radius 3 is 2.38 bits per heavy atom. The quantitative estimate of drug-likeness (QED) is 0.237. The summed E-state index contributed by atoms with van der Waals surface area (Å²) in [5.41, 5.74) is 3.32. The van der Waals surface area contributed by atoms with Crippen LogP contribution in [0.3, 0.4) is 0 Å². The van der Waals surface area contributed by atoms with Crippen molar-refractivity contribution in [2.75, 3.05) is 18.5 Å². The molecule has 1 fully saturated rings. The van der Waals surface area contributed by atoms with Crippen LogP contribution in [0.1, 0.15) is 30.5 Å². The summed E-state index contributed by atoms with van der Waals surface area (Å²) in [5, 5.41) is 2.87. The largest absolute Gasteiger partial charge is 0.490 e. The number of hydrogen-bond donors (Lipinski definition) is 1. The fourth-order valence-corrected chi connectivity index (χ4v) is 5.30. The van der Waals surface area contributed by atoms with Gasteiger partial charge < -0.3 is 14.8 Å². The van der Waals surface area contributed by atoms with Gasteiger partial charge in [-0.2, -0.15) is 0 Å². The maximum absolute atomic E-state index is 13.0. The van der Waals surface area contributed by atoms with Gasteiger partial charge in [0, 0.05) is 10.7 Å². The lowest BCUT2D eigenvalue weighted by atomic mass is 10.1. The molecule has 4 rings (SSSR count). The minimum atomic E-state index is -0.529. The summed E-state index contributed by atoms with van der Waals surface area (Å²) in [6.07, 6.45) is 2.49. The number of ether oxygens (including phenoxy) is 2. The normalized spacial score (nSPS) is 14.2. The highest BCUT2D eigenvalue weighted by molar-refractivity contribution is 9.10. The molecule has 1 N–H and O–H groups in total. The Kier molecular flexibility index (Phi) is 9.72. The number of benzene rings is 3.